The summed E-state index contributed by atoms with van der Waals surface area (Å²) in [4.78, 5) is 41.5. The van der Waals surface area contributed by atoms with Gasteiger partial charge in [-0.25, -0.2) is 4.79 Å². The summed E-state index contributed by atoms with van der Waals surface area (Å²) in [7, 11) is 0. The van der Waals surface area contributed by atoms with Crippen molar-refractivity contribution in [2.45, 2.75) is 49.9 Å². The maximum atomic E-state index is 13.5. The fraction of sp³-hybridized carbons (Fsp3) is 0.370. The number of thioether (sulfide) groups is 1. The van der Waals surface area contributed by atoms with Crippen LogP contribution in [0.3, 0.4) is 0 Å². The molecule has 36 heavy (non-hydrogen) atoms. The molecule has 0 spiro atoms. The van der Waals surface area contributed by atoms with Crippen LogP contribution in [0.15, 0.2) is 67.3 Å². The Morgan fingerprint density at radius 1 is 1.25 bits per heavy atom. The lowest BCUT2D eigenvalue weighted by Crippen LogP contribution is -2.73. The van der Waals surface area contributed by atoms with E-state index in [0.29, 0.717) is 6.54 Å². The standard InChI is InChI=1S/C27H31N3O5S/c1-4-14-35-26(34)28-21(15-19-11-6-5-7-12-19)22(31)24(32)29-17-36-27(3)23(29)25(33)30(27)16-20-13-9-8-10-18(20)2/h4-13,21-23,31H,1,14-17H2,2-3H3,(H,28,34)/t21-,22-,23+,27?/m0/s1. The molecule has 2 aliphatic heterocycles. The third-order valence-corrected chi connectivity index (χ3v) is 8.23. The number of hydrogen-bond donors (Lipinski definition) is 2. The van der Waals surface area contributed by atoms with Crippen LogP contribution in [0.5, 0.6) is 0 Å². The number of ether oxygens (including phenoxy) is 1. The molecule has 4 atom stereocenters. The number of fused-ring (bicyclic) bond motifs is 1. The second-order valence-electron chi connectivity index (χ2n) is 9.16. The van der Waals surface area contributed by atoms with Gasteiger partial charge in [-0.15, -0.1) is 11.8 Å². The number of likely N-dealkylation sites (tertiary alicyclic amines) is 1. The Morgan fingerprint density at radius 2 is 1.94 bits per heavy atom. The average Bonchev–Trinajstić information content (AvgIpc) is 3.19. The second kappa shape index (κ2) is 10.8. The zero-order valence-electron chi connectivity index (χ0n) is 20.4. The summed E-state index contributed by atoms with van der Waals surface area (Å²) < 4.78 is 5.01. The minimum atomic E-state index is -1.55. The van der Waals surface area contributed by atoms with E-state index in [2.05, 4.69) is 11.9 Å². The molecule has 1 unspecified atom stereocenters. The summed E-state index contributed by atoms with van der Waals surface area (Å²) in [5.74, 6) is -0.471. The van der Waals surface area contributed by atoms with E-state index in [1.54, 1.807) is 4.90 Å². The zero-order valence-corrected chi connectivity index (χ0v) is 21.2. The van der Waals surface area contributed by atoms with Crippen LogP contribution >= 0.6 is 11.8 Å². The van der Waals surface area contributed by atoms with Crippen molar-refractivity contribution in [3.63, 3.8) is 0 Å². The van der Waals surface area contributed by atoms with Gasteiger partial charge in [0.2, 0.25) is 5.91 Å². The molecule has 2 heterocycles. The van der Waals surface area contributed by atoms with Crippen molar-refractivity contribution < 1.29 is 24.2 Å². The minimum Gasteiger partial charge on any atom is -0.445 e. The number of aliphatic hydroxyl groups is 1. The van der Waals surface area contributed by atoms with Crippen LogP contribution in [0.25, 0.3) is 0 Å². The Balaban J connectivity index is 1.48. The molecule has 9 heteroatoms. The van der Waals surface area contributed by atoms with Crippen LogP contribution in [0.1, 0.15) is 23.6 Å². The molecule has 0 aromatic heterocycles. The molecule has 4 rings (SSSR count). The number of hydrogen-bond acceptors (Lipinski definition) is 6. The van der Waals surface area contributed by atoms with Gasteiger partial charge in [-0.3, -0.25) is 9.59 Å². The van der Waals surface area contributed by atoms with Gasteiger partial charge in [0.1, 0.15) is 17.5 Å². The molecule has 2 N–H and O–H groups in total. The van der Waals surface area contributed by atoms with Crippen LogP contribution in [0.4, 0.5) is 4.79 Å². The van der Waals surface area contributed by atoms with E-state index in [9.17, 15) is 19.5 Å². The van der Waals surface area contributed by atoms with Crippen LogP contribution < -0.4 is 5.32 Å². The predicted octanol–water partition coefficient (Wildman–Crippen LogP) is 2.84. The Bertz CT molecular complexity index is 1140. The molecule has 190 valence electrons. The Morgan fingerprint density at radius 3 is 2.64 bits per heavy atom. The van der Waals surface area contributed by atoms with Crippen LogP contribution in [0.2, 0.25) is 0 Å². The van der Waals surface area contributed by atoms with Crippen molar-refractivity contribution in [1.82, 2.24) is 15.1 Å². The normalized spacial score (nSPS) is 22.3. The van der Waals surface area contributed by atoms with E-state index in [-0.39, 0.29) is 24.8 Å². The van der Waals surface area contributed by atoms with Gasteiger partial charge in [-0.05, 0) is 37.0 Å². The van der Waals surface area contributed by atoms with Crippen molar-refractivity contribution in [3.05, 3.63) is 83.9 Å². The molecule has 2 saturated heterocycles. The third-order valence-electron chi connectivity index (χ3n) is 6.79. The molecule has 2 aromatic carbocycles. The quantitative estimate of drug-likeness (QED) is 0.399. The lowest BCUT2D eigenvalue weighted by molar-refractivity contribution is -0.168. The number of nitrogens with one attached hydrogen (secondary N) is 1. The van der Waals surface area contributed by atoms with Gasteiger partial charge < -0.3 is 25.0 Å². The van der Waals surface area contributed by atoms with E-state index in [0.717, 1.165) is 16.7 Å². The van der Waals surface area contributed by atoms with E-state index in [1.807, 2.05) is 68.4 Å². The van der Waals surface area contributed by atoms with Gasteiger partial charge >= 0.3 is 6.09 Å². The Kier molecular flexibility index (Phi) is 7.70. The van der Waals surface area contributed by atoms with E-state index in [1.165, 1.54) is 22.7 Å². The van der Waals surface area contributed by atoms with Gasteiger partial charge in [0, 0.05) is 6.54 Å². The SMILES string of the molecule is C=CCOC(=O)N[C@@H](Cc1ccccc1)[C@H](O)C(=O)N1CSC2(C)[C@H]1C(=O)N2Cc1ccccc1C. The molecular formula is C27H31N3O5S. The fourth-order valence-electron chi connectivity index (χ4n) is 4.69. The number of amides is 3. The van der Waals surface area contributed by atoms with Gasteiger partial charge in [-0.2, -0.15) is 0 Å². The second-order valence-corrected chi connectivity index (χ2v) is 10.5. The number of carbonyl (C=O) groups is 3. The minimum absolute atomic E-state index is 0.00233. The predicted molar refractivity (Wildman–Crippen MR) is 138 cm³/mol. The first-order chi connectivity index (χ1) is 17.3. The van der Waals surface area contributed by atoms with Gasteiger partial charge in [0.25, 0.3) is 5.91 Å². The first-order valence-corrected chi connectivity index (χ1v) is 12.8. The number of aryl methyl sites for hydroxylation is 1. The van der Waals surface area contributed by atoms with E-state index < -0.39 is 35.1 Å². The van der Waals surface area contributed by atoms with Crippen LogP contribution in [-0.2, 0) is 27.3 Å². The Labute approximate surface area is 215 Å². The molecular weight excluding hydrogens is 478 g/mol. The van der Waals surface area contributed by atoms with Crippen molar-refractivity contribution in [1.29, 1.82) is 0 Å². The largest absolute Gasteiger partial charge is 0.445 e. The van der Waals surface area contributed by atoms with E-state index in [4.69, 9.17) is 4.74 Å². The molecule has 0 saturated carbocycles. The smallest absolute Gasteiger partial charge is 0.407 e. The summed E-state index contributed by atoms with van der Waals surface area (Å²) in [5, 5.41) is 13.7. The van der Waals surface area contributed by atoms with Gasteiger partial charge in [-0.1, -0.05) is 67.3 Å². The van der Waals surface area contributed by atoms with Crippen molar-refractivity contribution in [3.8, 4) is 0 Å². The molecule has 3 amide bonds. The number of alkyl carbamates (subject to hydrolysis) is 1. The van der Waals surface area contributed by atoms with E-state index >= 15 is 0 Å². The molecule has 0 radical (unpaired) electrons. The number of aliphatic hydroxyl groups excluding tert-OH is 1. The van der Waals surface area contributed by atoms with Crippen LogP contribution in [0, 0.1) is 6.92 Å². The highest BCUT2D eigenvalue weighted by atomic mass is 32.2. The average molecular weight is 510 g/mol. The number of rotatable bonds is 9. The third kappa shape index (κ3) is 4.99. The lowest BCUT2D eigenvalue weighted by atomic mass is 9.91. The summed E-state index contributed by atoms with van der Waals surface area (Å²) in [5.41, 5.74) is 2.99. The molecule has 0 aliphatic carbocycles. The number of nitrogens with zero attached hydrogens (tertiary/aromatic N) is 2. The summed E-state index contributed by atoms with van der Waals surface area (Å²) >= 11 is 1.50. The lowest BCUT2D eigenvalue weighted by Gasteiger charge is -2.53. The highest BCUT2D eigenvalue weighted by Crippen LogP contribution is 2.51. The first kappa shape index (κ1) is 25.8. The van der Waals surface area contributed by atoms with Gasteiger partial charge in [0.15, 0.2) is 6.10 Å². The molecule has 2 aromatic rings. The number of β-lactam (4-membered cyclic amide) rings is 1. The monoisotopic (exact) mass is 509 g/mol. The molecule has 0 bridgehead atoms. The first-order valence-electron chi connectivity index (χ1n) is 11.8. The highest BCUT2D eigenvalue weighted by Gasteiger charge is 2.65. The molecule has 2 aliphatic rings. The number of benzene rings is 2. The maximum Gasteiger partial charge on any atom is 0.407 e. The zero-order chi connectivity index (χ0) is 25.9. The summed E-state index contributed by atoms with van der Waals surface area (Å²) in [6.45, 7) is 7.94. The van der Waals surface area contributed by atoms with Crippen LogP contribution in [-0.4, -0.2) is 68.4 Å². The molecule has 2 fully saturated rings. The summed E-state index contributed by atoms with van der Waals surface area (Å²) in [6.07, 6.45) is -0.664. The highest BCUT2D eigenvalue weighted by molar-refractivity contribution is 8.01. The van der Waals surface area contributed by atoms with Crippen molar-refractivity contribution in [2.75, 3.05) is 12.5 Å². The number of carbonyl (C=O) groups excluding carboxylic acids is 3. The van der Waals surface area contributed by atoms with Crippen molar-refractivity contribution >= 4 is 29.7 Å². The summed E-state index contributed by atoms with van der Waals surface area (Å²) in [6, 6.07) is 15.5. The fourth-order valence-corrected chi connectivity index (χ4v) is 6.07. The van der Waals surface area contributed by atoms with Gasteiger partial charge in [0.05, 0.1) is 11.9 Å². The topological polar surface area (TPSA) is 99.2 Å². The van der Waals surface area contributed by atoms with Crippen molar-refractivity contribution in [2.24, 2.45) is 0 Å². The maximum absolute atomic E-state index is 13.5. The Hall–Kier alpha value is -3.30. The molecule has 8 nitrogen and oxygen atoms in total.